The molecule has 5 nitrogen and oxygen atoms in total. The topological polar surface area (TPSA) is 58.6 Å². The van der Waals surface area contributed by atoms with Crippen LogP contribution in [0.2, 0.25) is 0 Å². The summed E-state index contributed by atoms with van der Waals surface area (Å²) in [6, 6.07) is -0.760. The van der Waals surface area contributed by atoms with Gasteiger partial charge in [0.15, 0.2) is 0 Å². The van der Waals surface area contributed by atoms with E-state index in [1.165, 1.54) is 0 Å². The number of carbonyl (C=O) groups excluding carboxylic acids is 2. The largest absolute Gasteiger partial charge is 0.380 e. The highest BCUT2D eigenvalue weighted by Gasteiger charge is 2.37. The Balaban J connectivity index is 2.44. The molecule has 1 aliphatic heterocycles. The Morgan fingerprint density at radius 1 is 1.30 bits per heavy atom. The smallest absolute Gasteiger partial charge is 0.245 e. The molecule has 2 atom stereocenters. The number of ether oxygens (including phenoxy) is 1. The maximum Gasteiger partial charge on any atom is 0.245 e. The van der Waals surface area contributed by atoms with Crippen LogP contribution in [0.1, 0.15) is 47.0 Å². The summed E-state index contributed by atoms with van der Waals surface area (Å²) in [4.78, 5) is 25.8. The van der Waals surface area contributed by atoms with Crippen molar-refractivity contribution < 1.29 is 14.3 Å². The van der Waals surface area contributed by atoms with Crippen molar-refractivity contribution >= 4 is 11.8 Å². The van der Waals surface area contributed by atoms with E-state index < -0.39 is 6.04 Å². The molecule has 1 rings (SSSR count). The zero-order chi connectivity index (χ0) is 15.1. The van der Waals surface area contributed by atoms with Gasteiger partial charge in [-0.05, 0) is 25.7 Å². The molecule has 1 fully saturated rings. The predicted molar refractivity (Wildman–Crippen MR) is 78.3 cm³/mol. The van der Waals surface area contributed by atoms with Crippen LogP contribution in [0, 0.1) is 5.92 Å². The lowest BCUT2D eigenvalue weighted by atomic mass is 10.0. The van der Waals surface area contributed by atoms with Gasteiger partial charge in [0.2, 0.25) is 11.8 Å². The van der Waals surface area contributed by atoms with E-state index >= 15 is 0 Å². The van der Waals surface area contributed by atoms with Crippen LogP contribution in [0.25, 0.3) is 0 Å². The fourth-order valence-electron chi connectivity index (χ4n) is 2.26. The molecule has 0 bridgehead atoms. The van der Waals surface area contributed by atoms with Crippen LogP contribution in [0.5, 0.6) is 0 Å². The molecular weight excluding hydrogens is 256 g/mol. The summed E-state index contributed by atoms with van der Waals surface area (Å²) in [6.07, 6.45) is 2.59. The number of rotatable bonds is 8. The highest BCUT2D eigenvalue weighted by atomic mass is 16.5. The zero-order valence-corrected chi connectivity index (χ0v) is 13.1. The number of hydrogen-bond donors (Lipinski definition) is 1. The van der Waals surface area contributed by atoms with Gasteiger partial charge in [0, 0.05) is 13.2 Å². The minimum absolute atomic E-state index is 0.0198. The fraction of sp³-hybridized carbons (Fsp3) is 0.867. The Labute approximate surface area is 122 Å². The van der Waals surface area contributed by atoms with Gasteiger partial charge in [-0.15, -0.1) is 0 Å². The van der Waals surface area contributed by atoms with Crippen molar-refractivity contribution in [1.82, 2.24) is 10.2 Å². The predicted octanol–water partition coefficient (Wildman–Crippen LogP) is 1.56. The summed E-state index contributed by atoms with van der Waals surface area (Å²) >= 11 is 0. The van der Waals surface area contributed by atoms with Crippen molar-refractivity contribution in [1.29, 1.82) is 0 Å². The second-order valence-electron chi connectivity index (χ2n) is 5.85. The molecule has 0 radical (unpaired) electrons. The van der Waals surface area contributed by atoms with Crippen LogP contribution in [-0.2, 0) is 14.3 Å². The molecule has 2 unspecified atom stereocenters. The average molecular weight is 284 g/mol. The van der Waals surface area contributed by atoms with Crippen LogP contribution in [0.3, 0.4) is 0 Å². The van der Waals surface area contributed by atoms with E-state index in [0.717, 1.165) is 12.8 Å². The van der Waals surface area contributed by atoms with Crippen molar-refractivity contribution in [2.45, 2.75) is 59.0 Å². The van der Waals surface area contributed by atoms with Crippen molar-refractivity contribution in [3.63, 3.8) is 0 Å². The van der Waals surface area contributed by atoms with Crippen LogP contribution in [-0.4, -0.2) is 48.6 Å². The fourth-order valence-corrected chi connectivity index (χ4v) is 2.26. The molecule has 2 amide bonds. The summed E-state index contributed by atoms with van der Waals surface area (Å²) in [5.74, 6) is 0.571. The van der Waals surface area contributed by atoms with E-state index in [4.69, 9.17) is 4.74 Å². The molecule has 0 aromatic carbocycles. The van der Waals surface area contributed by atoms with Crippen LogP contribution in [0.15, 0.2) is 0 Å². The minimum atomic E-state index is -0.399. The normalized spacial score (nSPS) is 23.4. The van der Waals surface area contributed by atoms with Gasteiger partial charge in [-0.25, -0.2) is 0 Å². The van der Waals surface area contributed by atoms with Gasteiger partial charge in [-0.3, -0.25) is 9.59 Å². The van der Waals surface area contributed by atoms with Crippen LogP contribution in [0.4, 0.5) is 0 Å². The lowest BCUT2D eigenvalue weighted by Gasteiger charge is -2.37. The Hall–Kier alpha value is -1.10. The molecule has 5 heteroatoms. The maximum atomic E-state index is 12.3. The molecule has 1 aliphatic rings. The van der Waals surface area contributed by atoms with Crippen molar-refractivity contribution in [2.24, 2.45) is 5.92 Å². The van der Waals surface area contributed by atoms with Gasteiger partial charge in [0.1, 0.15) is 12.1 Å². The van der Waals surface area contributed by atoms with Crippen LogP contribution < -0.4 is 5.32 Å². The van der Waals surface area contributed by atoms with E-state index in [1.807, 2.05) is 6.92 Å². The summed E-state index contributed by atoms with van der Waals surface area (Å²) in [6.45, 7) is 9.78. The van der Waals surface area contributed by atoms with Gasteiger partial charge in [0.25, 0.3) is 0 Å². The highest BCUT2D eigenvalue weighted by Crippen LogP contribution is 2.13. The minimum Gasteiger partial charge on any atom is -0.380 e. The van der Waals surface area contributed by atoms with E-state index in [1.54, 1.807) is 11.8 Å². The third-order valence-corrected chi connectivity index (χ3v) is 3.64. The molecule has 0 aromatic rings. The third-order valence-electron chi connectivity index (χ3n) is 3.64. The first-order valence-corrected chi connectivity index (χ1v) is 7.66. The SMILES string of the molecule is CCCC1NC(=O)C(C)N(CCOCCC(C)C)C1=O. The molecule has 1 N–H and O–H groups in total. The molecule has 0 aromatic heterocycles. The molecule has 0 saturated carbocycles. The molecular formula is C15H28N2O3. The number of hydrogen-bond acceptors (Lipinski definition) is 3. The lowest BCUT2D eigenvalue weighted by Crippen LogP contribution is -2.62. The average Bonchev–Trinajstić information content (AvgIpc) is 2.39. The number of piperazine rings is 1. The molecule has 20 heavy (non-hydrogen) atoms. The number of nitrogens with zero attached hydrogens (tertiary/aromatic N) is 1. The summed E-state index contributed by atoms with van der Waals surface area (Å²) < 4.78 is 5.55. The van der Waals surface area contributed by atoms with E-state index in [0.29, 0.717) is 32.1 Å². The van der Waals surface area contributed by atoms with Gasteiger partial charge in [0.05, 0.1) is 6.61 Å². The van der Waals surface area contributed by atoms with Gasteiger partial charge in [-0.2, -0.15) is 0 Å². The first-order valence-electron chi connectivity index (χ1n) is 7.66. The number of carbonyl (C=O) groups is 2. The Bertz CT molecular complexity index is 331. The first kappa shape index (κ1) is 17.0. The standard InChI is InChI=1S/C15H28N2O3/c1-5-6-13-15(19)17(12(4)14(18)16-13)8-10-20-9-7-11(2)3/h11-13H,5-10H2,1-4H3,(H,16,18). The molecule has 0 spiro atoms. The second-order valence-corrected chi connectivity index (χ2v) is 5.85. The summed E-state index contributed by atoms with van der Waals surface area (Å²) in [5, 5.41) is 2.79. The van der Waals surface area contributed by atoms with E-state index in [-0.39, 0.29) is 17.9 Å². The second kappa shape index (κ2) is 8.25. The lowest BCUT2D eigenvalue weighted by molar-refractivity contribution is -0.149. The third kappa shape index (κ3) is 4.78. The monoisotopic (exact) mass is 284 g/mol. The Kier molecular flexibility index (Phi) is 6.99. The highest BCUT2D eigenvalue weighted by molar-refractivity contribution is 5.96. The Morgan fingerprint density at radius 2 is 2.00 bits per heavy atom. The van der Waals surface area contributed by atoms with Gasteiger partial charge >= 0.3 is 0 Å². The summed E-state index contributed by atoms with van der Waals surface area (Å²) in [7, 11) is 0. The molecule has 1 heterocycles. The number of amides is 2. The van der Waals surface area contributed by atoms with Crippen molar-refractivity contribution in [3.05, 3.63) is 0 Å². The van der Waals surface area contributed by atoms with Crippen molar-refractivity contribution in [2.75, 3.05) is 19.8 Å². The quantitative estimate of drug-likeness (QED) is 0.688. The molecule has 0 aliphatic carbocycles. The zero-order valence-electron chi connectivity index (χ0n) is 13.1. The first-order chi connectivity index (χ1) is 9.47. The van der Waals surface area contributed by atoms with Crippen molar-refractivity contribution in [3.8, 4) is 0 Å². The van der Waals surface area contributed by atoms with Crippen LogP contribution >= 0.6 is 0 Å². The van der Waals surface area contributed by atoms with E-state index in [9.17, 15) is 9.59 Å². The van der Waals surface area contributed by atoms with Gasteiger partial charge in [-0.1, -0.05) is 27.2 Å². The molecule has 116 valence electrons. The van der Waals surface area contributed by atoms with E-state index in [2.05, 4.69) is 19.2 Å². The number of nitrogens with one attached hydrogen (secondary N) is 1. The summed E-state index contributed by atoms with van der Waals surface area (Å²) in [5.41, 5.74) is 0. The maximum absolute atomic E-state index is 12.3. The molecule has 1 saturated heterocycles. The Morgan fingerprint density at radius 3 is 2.60 bits per heavy atom. The van der Waals surface area contributed by atoms with Gasteiger partial charge < -0.3 is 15.0 Å².